The normalized spacial score (nSPS) is 10.4. The topological polar surface area (TPSA) is 39.9 Å². The summed E-state index contributed by atoms with van der Waals surface area (Å²) in [4.78, 5) is 0. The van der Waals surface area contributed by atoms with Gasteiger partial charge in [-0.25, -0.2) is 4.68 Å². The van der Waals surface area contributed by atoms with E-state index in [1.807, 2.05) is 54.6 Å². The molecule has 4 heteroatoms. The van der Waals surface area contributed by atoms with Gasteiger partial charge in [-0.1, -0.05) is 47.7 Å². The molecule has 0 atom stereocenters. The van der Waals surface area contributed by atoms with Crippen LogP contribution in [0.5, 0.6) is 5.75 Å². The summed E-state index contributed by atoms with van der Waals surface area (Å²) in [6, 6.07) is 17.8. The maximum absolute atomic E-state index is 5.37. The molecule has 0 N–H and O–H groups in total. The number of aromatic nitrogens is 3. The fourth-order valence-corrected chi connectivity index (χ4v) is 2.02. The second-order valence-corrected chi connectivity index (χ2v) is 4.07. The fraction of sp³-hybridized carbons (Fsp3) is 0.0667. The van der Waals surface area contributed by atoms with E-state index in [0.29, 0.717) is 0 Å². The Kier molecular flexibility index (Phi) is 2.98. The summed E-state index contributed by atoms with van der Waals surface area (Å²) in [6.45, 7) is 0. The van der Waals surface area contributed by atoms with Crippen LogP contribution >= 0.6 is 0 Å². The van der Waals surface area contributed by atoms with Gasteiger partial charge < -0.3 is 4.74 Å². The first-order valence-electron chi connectivity index (χ1n) is 5.99. The molecule has 0 aliphatic rings. The zero-order chi connectivity index (χ0) is 13.1. The Bertz CT molecular complexity index is 677. The molecule has 0 fully saturated rings. The summed E-state index contributed by atoms with van der Waals surface area (Å²) >= 11 is 0. The van der Waals surface area contributed by atoms with Crippen molar-refractivity contribution in [3.63, 3.8) is 0 Å². The number of hydrogen-bond acceptors (Lipinski definition) is 3. The number of rotatable bonds is 3. The lowest BCUT2D eigenvalue weighted by molar-refractivity contribution is 0.411. The van der Waals surface area contributed by atoms with Crippen LogP contribution in [0.2, 0.25) is 0 Å². The van der Waals surface area contributed by atoms with Crippen molar-refractivity contribution in [1.82, 2.24) is 15.0 Å². The Labute approximate surface area is 111 Å². The third-order valence-electron chi connectivity index (χ3n) is 2.93. The number of nitrogens with zero attached hydrogens (tertiary/aromatic N) is 3. The van der Waals surface area contributed by atoms with Gasteiger partial charge >= 0.3 is 0 Å². The molecular formula is C15H13N3O. The van der Waals surface area contributed by atoms with Crippen molar-refractivity contribution in [2.45, 2.75) is 0 Å². The van der Waals surface area contributed by atoms with Crippen molar-refractivity contribution in [1.29, 1.82) is 0 Å². The molecule has 0 aliphatic heterocycles. The SMILES string of the molecule is COc1ccccc1-n1nncc1-c1ccccc1. The molecule has 0 spiro atoms. The summed E-state index contributed by atoms with van der Waals surface area (Å²) in [5.74, 6) is 0.769. The van der Waals surface area contributed by atoms with Crippen LogP contribution in [0.1, 0.15) is 0 Å². The number of benzene rings is 2. The number of ether oxygens (including phenoxy) is 1. The highest BCUT2D eigenvalue weighted by molar-refractivity contribution is 5.62. The Hall–Kier alpha value is -2.62. The second kappa shape index (κ2) is 4.94. The van der Waals surface area contributed by atoms with Gasteiger partial charge in [0.1, 0.15) is 11.4 Å². The molecule has 0 saturated heterocycles. The molecule has 1 heterocycles. The number of methoxy groups -OCH3 is 1. The van der Waals surface area contributed by atoms with E-state index in [-0.39, 0.29) is 0 Å². The summed E-state index contributed by atoms with van der Waals surface area (Å²) in [5, 5.41) is 8.17. The van der Waals surface area contributed by atoms with Crippen LogP contribution in [0.15, 0.2) is 60.8 Å². The molecule has 0 radical (unpaired) electrons. The van der Waals surface area contributed by atoms with Crippen LogP contribution < -0.4 is 4.74 Å². The quantitative estimate of drug-likeness (QED) is 0.718. The zero-order valence-electron chi connectivity index (χ0n) is 10.5. The van der Waals surface area contributed by atoms with Crippen molar-refractivity contribution in [3.8, 4) is 22.7 Å². The van der Waals surface area contributed by atoms with Crippen molar-refractivity contribution < 1.29 is 4.74 Å². The molecule has 0 saturated carbocycles. The number of para-hydroxylation sites is 2. The average molecular weight is 251 g/mol. The molecule has 3 rings (SSSR count). The maximum Gasteiger partial charge on any atom is 0.144 e. The highest BCUT2D eigenvalue weighted by Gasteiger charge is 2.11. The summed E-state index contributed by atoms with van der Waals surface area (Å²) < 4.78 is 7.16. The van der Waals surface area contributed by atoms with Crippen molar-refractivity contribution in [2.24, 2.45) is 0 Å². The van der Waals surface area contributed by atoms with Gasteiger partial charge in [0.2, 0.25) is 0 Å². The summed E-state index contributed by atoms with van der Waals surface area (Å²) in [5.41, 5.74) is 2.88. The lowest BCUT2D eigenvalue weighted by Gasteiger charge is -2.10. The third kappa shape index (κ3) is 2.08. The van der Waals surface area contributed by atoms with E-state index in [1.165, 1.54) is 0 Å². The van der Waals surface area contributed by atoms with Crippen LogP contribution in [0.3, 0.4) is 0 Å². The predicted molar refractivity (Wildman–Crippen MR) is 73.3 cm³/mol. The Morgan fingerprint density at radius 3 is 2.47 bits per heavy atom. The minimum absolute atomic E-state index is 0.769. The molecule has 1 aromatic heterocycles. The van der Waals surface area contributed by atoms with E-state index in [2.05, 4.69) is 10.3 Å². The molecule has 19 heavy (non-hydrogen) atoms. The van der Waals surface area contributed by atoms with Gasteiger partial charge in [0.05, 0.1) is 19.0 Å². The molecule has 0 amide bonds. The van der Waals surface area contributed by atoms with Gasteiger partial charge in [-0.3, -0.25) is 0 Å². The predicted octanol–water partition coefficient (Wildman–Crippen LogP) is 2.94. The first kappa shape index (κ1) is 11.5. The molecule has 0 unspecified atom stereocenters. The van der Waals surface area contributed by atoms with Gasteiger partial charge in [-0.2, -0.15) is 0 Å². The van der Waals surface area contributed by atoms with Gasteiger partial charge in [-0.15, -0.1) is 5.10 Å². The standard InChI is InChI=1S/C15H13N3O/c1-19-15-10-6-5-9-13(15)18-14(11-16-17-18)12-7-3-2-4-8-12/h2-11H,1H3. The lowest BCUT2D eigenvalue weighted by Crippen LogP contribution is -2.01. The molecule has 3 aromatic rings. The van der Waals surface area contributed by atoms with E-state index in [4.69, 9.17) is 4.74 Å². The molecule has 4 nitrogen and oxygen atoms in total. The van der Waals surface area contributed by atoms with E-state index in [1.54, 1.807) is 18.0 Å². The lowest BCUT2D eigenvalue weighted by atomic mass is 10.1. The van der Waals surface area contributed by atoms with E-state index in [9.17, 15) is 0 Å². The van der Waals surface area contributed by atoms with Crippen LogP contribution in [0, 0.1) is 0 Å². The summed E-state index contributed by atoms with van der Waals surface area (Å²) in [7, 11) is 1.65. The largest absolute Gasteiger partial charge is 0.494 e. The van der Waals surface area contributed by atoms with Gasteiger partial charge in [0, 0.05) is 5.56 Å². The Balaban J connectivity index is 2.15. The third-order valence-corrected chi connectivity index (χ3v) is 2.93. The molecule has 0 bridgehead atoms. The van der Waals surface area contributed by atoms with Crippen molar-refractivity contribution in [2.75, 3.05) is 7.11 Å². The fourth-order valence-electron chi connectivity index (χ4n) is 2.02. The van der Waals surface area contributed by atoms with Crippen LogP contribution in [0.4, 0.5) is 0 Å². The van der Waals surface area contributed by atoms with Crippen molar-refractivity contribution in [3.05, 3.63) is 60.8 Å². The van der Waals surface area contributed by atoms with E-state index >= 15 is 0 Å². The van der Waals surface area contributed by atoms with Gasteiger partial charge in [0.15, 0.2) is 0 Å². The van der Waals surface area contributed by atoms with Crippen molar-refractivity contribution >= 4 is 0 Å². The molecule has 2 aromatic carbocycles. The Morgan fingerprint density at radius 1 is 0.947 bits per heavy atom. The average Bonchev–Trinajstić information content (AvgIpc) is 2.97. The second-order valence-electron chi connectivity index (χ2n) is 4.07. The first-order chi connectivity index (χ1) is 9.40. The minimum Gasteiger partial charge on any atom is -0.494 e. The maximum atomic E-state index is 5.37. The molecular weight excluding hydrogens is 238 g/mol. The highest BCUT2D eigenvalue weighted by atomic mass is 16.5. The minimum atomic E-state index is 0.769. The number of hydrogen-bond donors (Lipinski definition) is 0. The van der Waals surface area contributed by atoms with E-state index < -0.39 is 0 Å². The first-order valence-corrected chi connectivity index (χ1v) is 5.99. The Morgan fingerprint density at radius 2 is 1.68 bits per heavy atom. The van der Waals surface area contributed by atoms with E-state index in [0.717, 1.165) is 22.7 Å². The summed E-state index contributed by atoms with van der Waals surface area (Å²) in [6.07, 6.45) is 1.75. The van der Waals surface area contributed by atoms with Crippen LogP contribution in [-0.2, 0) is 0 Å². The molecule has 0 aliphatic carbocycles. The zero-order valence-corrected chi connectivity index (χ0v) is 10.5. The molecule has 94 valence electrons. The monoisotopic (exact) mass is 251 g/mol. The van der Waals surface area contributed by atoms with Crippen LogP contribution in [-0.4, -0.2) is 22.1 Å². The van der Waals surface area contributed by atoms with Gasteiger partial charge in [0.25, 0.3) is 0 Å². The highest BCUT2D eigenvalue weighted by Crippen LogP contribution is 2.26. The van der Waals surface area contributed by atoms with Crippen LogP contribution in [0.25, 0.3) is 16.9 Å². The van der Waals surface area contributed by atoms with Gasteiger partial charge in [-0.05, 0) is 12.1 Å². The smallest absolute Gasteiger partial charge is 0.144 e.